The lowest BCUT2D eigenvalue weighted by molar-refractivity contribution is 0.596. The number of benzene rings is 2. The summed E-state index contributed by atoms with van der Waals surface area (Å²) in [5, 5.41) is 0. The Balaban J connectivity index is 1.53. The predicted molar refractivity (Wildman–Crippen MR) is 117 cm³/mol. The normalized spacial score (nSPS) is 14.2. The van der Waals surface area contributed by atoms with Crippen LogP contribution in [-0.4, -0.2) is 42.7 Å². The first-order valence-electron chi connectivity index (χ1n) is 10.1. The largest absolute Gasteiger partial charge is 0.366 e. The molecule has 0 unspecified atom stereocenters. The number of para-hydroxylation sites is 2. The number of aromatic nitrogens is 2. The average Bonchev–Trinajstić information content (AvgIpc) is 2.75. The van der Waals surface area contributed by atoms with Crippen LogP contribution in [0.2, 0.25) is 0 Å². The molecule has 0 atom stereocenters. The van der Waals surface area contributed by atoms with Crippen molar-refractivity contribution in [1.82, 2.24) is 9.97 Å². The van der Waals surface area contributed by atoms with Gasteiger partial charge in [-0.3, -0.25) is 0 Å². The van der Waals surface area contributed by atoms with E-state index >= 15 is 0 Å². The summed E-state index contributed by atoms with van der Waals surface area (Å²) in [6.07, 6.45) is 0. The molecule has 4 rings (SSSR count). The minimum atomic E-state index is -0.164. The number of rotatable bonds is 5. The molecule has 1 fully saturated rings. The molecule has 1 aliphatic rings. The molecule has 5 nitrogen and oxygen atoms in total. The van der Waals surface area contributed by atoms with Crippen LogP contribution >= 0.6 is 0 Å². The standard InChI is InChI=1S/C23H26FN5/c1-3-29(19-9-5-4-6-10-19)23-25-18(2)17-22(26-23)28-15-13-27(14-16-28)21-12-8-7-11-20(21)24/h4-12,17H,3,13-16H2,1-2H3. The van der Waals surface area contributed by atoms with Gasteiger partial charge in [0.25, 0.3) is 0 Å². The van der Waals surface area contributed by atoms with E-state index in [9.17, 15) is 4.39 Å². The molecule has 0 aliphatic carbocycles. The van der Waals surface area contributed by atoms with E-state index in [0.29, 0.717) is 11.6 Å². The van der Waals surface area contributed by atoms with Crippen LogP contribution in [0.1, 0.15) is 12.6 Å². The summed E-state index contributed by atoms with van der Waals surface area (Å²) < 4.78 is 14.1. The van der Waals surface area contributed by atoms with E-state index in [1.54, 1.807) is 6.07 Å². The van der Waals surface area contributed by atoms with Gasteiger partial charge >= 0.3 is 0 Å². The van der Waals surface area contributed by atoms with Crippen LogP contribution in [0, 0.1) is 12.7 Å². The summed E-state index contributed by atoms with van der Waals surface area (Å²) in [7, 11) is 0. The van der Waals surface area contributed by atoms with Gasteiger partial charge in [0.05, 0.1) is 5.69 Å². The van der Waals surface area contributed by atoms with E-state index < -0.39 is 0 Å². The van der Waals surface area contributed by atoms with Gasteiger partial charge in [0.15, 0.2) is 0 Å². The highest BCUT2D eigenvalue weighted by Crippen LogP contribution is 2.26. The molecule has 150 valence electrons. The first-order valence-corrected chi connectivity index (χ1v) is 10.1. The van der Waals surface area contributed by atoms with Gasteiger partial charge in [-0.1, -0.05) is 30.3 Å². The minimum absolute atomic E-state index is 0.164. The zero-order valence-electron chi connectivity index (χ0n) is 16.9. The molecule has 0 spiro atoms. The fraction of sp³-hybridized carbons (Fsp3) is 0.304. The van der Waals surface area contributed by atoms with E-state index in [1.165, 1.54) is 6.07 Å². The Kier molecular flexibility index (Phi) is 5.60. The summed E-state index contributed by atoms with van der Waals surface area (Å²) in [5.41, 5.74) is 2.69. The second-order valence-electron chi connectivity index (χ2n) is 7.17. The Bertz CT molecular complexity index is 954. The summed E-state index contributed by atoms with van der Waals surface area (Å²) in [6, 6.07) is 19.2. The van der Waals surface area contributed by atoms with Crippen LogP contribution in [0.5, 0.6) is 0 Å². The molecule has 3 aromatic rings. The van der Waals surface area contributed by atoms with Crippen molar-refractivity contribution in [1.29, 1.82) is 0 Å². The van der Waals surface area contributed by atoms with E-state index in [4.69, 9.17) is 4.98 Å². The second kappa shape index (κ2) is 8.47. The monoisotopic (exact) mass is 391 g/mol. The van der Waals surface area contributed by atoms with Crippen molar-refractivity contribution in [3.63, 3.8) is 0 Å². The first kappa shape index (κ1) is 19.2. The second-order valence-corrected chi connectivity index (χ2v) is 7.17. The molecule has 2 aromatic carbocycles. The highest BCUT2D eigenvalue weighted by molar-refractivity contribution is 5.59. The van der Waals surface area contributed by atoms with Crippen molar-refractivity contribution < 1.29 is 4.39 Å². The van der Waals surface area contributed by atoms with Crippen molar-refractivity contribution >= 4 is 23.1 Å². The topological polar surface area (TPSA) is 35.5 Å². The van der Waals surface area contributed by atoms with Crippen LogP contribution in [0.15, 0.2) is 60.7 Å². The molecule has 0 bridgehead atoms. The number of halogens is 1. The van der Waals surface area contributed by atoms with Gasteiger partial charge in [-0.25, -0.2) is 9.37 Å². The van der Waals surface area contributed by atoms with Gasteiger partial charge in [-0.2, -0.15) is 4.98 Å². The molecule has 6 heteroatoms. The Labute approximate surface area is 171 Å². The SMILES string of the molecule is CCN(c1ccccc1)c1nc(C)cc(N2CCN(c3ccccc3F)CC2)n1. The third-order valence-corrected chi connectivity index (χ3v) is 5.25. The zero-order valence-corrected chi connectivity index (χ0v) is 16.9. The quantitative estimate of drug-likeness (QED) is 0.644. The summed E-state index contributed by atoms with van der Waals surface area (Å²) >= 11 is 0. The van der Waals surface area contributed by atoms with Gasteiger partial charge < -0.3 is 14.7 Å². The maximum Gasteiger partial charge on any atom is 0.232 e. The van der Waals surface area contributed by atoms with E-state index in [0.717, 1.165) is 49.9 Å². The Hall–Kier alpha value is -3.15. The van der Waals surface area contributed by atoms with Crippen molar-refractivity contribution in [2.24, 2.45) is 0 Å². The summed E-state index contributed by atoms with van der Waals surface area (Å²) in [6.45, 7) is 8.00. The fourth-order valence-electron chi connectivity index (χ4n) is 3.75. The van der Waals surface area contributed by atoms with Crippen molar-refractivity contribution in [2.75, 3.05) is 47.4 Å². The maximum absolute atomic E-state index is 14.1. The lowest BCUT2D eigenvalue weighted by atomic mass is 10.2. The maximum atomic E-state index is 14.1. The molecule has 1 aliphatic heterocycles. The molecule has 0 amide bonds. The summed E-state index contributed by atoms with van der Waals surface area (Å²) in [4.78, 5) is 16.0. The zero-order chi connectivity index (χ0) is 20.2. The molecular formula is C23H26FN5. The Morgan fingerprint density at radius 1 is 0.897 bits per heavy atom. The molecule has 0 radical (unpaired) electrons. The molecule has 29 heavy (non-hydrogen) atoms. The van der Waals surface area contributed by atoms with E-state index in [2.05, 4.69) is 38.7 Å². The highest BCUT2D eigenvalue weighted by Gasteiger charge is 2.22. The first-order chi connectivity index (χ1) is 14.2. The van der Waals surface area contributed by atoms with Gasteiger partial charge in [0, 0.05) is 50.2 Å². The minimum Gasteiger partial charge on any atom is -0.366 e. The lowest BCUT2D eigenvalue weighted by Gasteiger charge is -2.37. The van der Waals surface area contributed by atoms with Crippen LogP contribution < -0.4 is 14.7 Å². The lowest BCUT2D eigenvalue weighted by Crippen LogP contribution is -2.47. The fourth-order valence-corrected chi connectivity index (χ4v) is 3.75. The molecular weight excluding hydrogens is 365 g/mol. The molecule has 2 heterocycles. The predicted octanol–water partition coefficient (Wildman–Crippen LogP) is 4.41. The van der Waals surface area contributed by atoms with E-state index in [1.807, 2.05) is 43.3 Å². The van der Waals surface area contributed by atoms with Crippen LogP contribution in [0.3, 0.4) is 0 Å². The van der Waals surface area contributed by atoms with Crippen LogP contribution in [0.25, 0.3) is 0 Å². The van der Waals surface area contributed by atoms with E-state index in [-0.39, 0.29) is 5.82 Å². The number of piperazine rings is 1. The molecule has 0 N–H and O–H groups in total. The van der Waals surface area contributed by atoms with Gasteiger partial charge in [-0.05, 0) is 38.1 Å². The van der Waals surface area contributed by atoms with Crippen molar-refractivity contribution in [2.45, 2.75) is 13.8 Å². The van der Waals surface area contributed by atoms with Gasteiger partial charge in [0.1, 0.15) is 11.6 Å². The van der Waals surface area contributed by atoms with Crippen LogP contribution in [0.4, 0.5) is 27.5 Å². The Morgan fingerprint density at radius 3 is 2.24 bits per heavy atom. The van der Waals surface area contributed by atoms with Gasteiger partial charge in [0.2, 0.25) is 5.95 Å². The smallest absolute Gasteiger partial charge is 0.232 e. The molecule has 1 saturated heterocycles. The Morgan fingerprint density at radius 2 is 1.55 bits per heavy atom. The third kappa shape index (κ3) is 4.16. The number of aryl methyl sites for hydroxylation is 1. The summed E-state index contributed by atoms with van der Waals surface area (Å²) in [5.74, 6) is 1.47. The van der Waals surface area contributed by atoms with Crippen LogP contribution in [-0.2, 0) is 0 Å². The third-order valence-electron chi connectivity index (χ3n) is 5.25. The number of nitrogens with zero attached hydrogens (tertiary/aromatic N) is 5. The average molecular weight is 391 g/mol. The van der Waals surface area contributed by atoms with Crippen molar-refractivity contribution in [3.8, 4) is 0 Å². The van der Waals surface area contributed by atoms with Gasteiger partial charge in [-0.15, -0.1) is 0 Å². The highest BCUT2D eigenvalue weighted by atomic mass is 19.1. The van der Waals surface area contributed by atoms with Crippen molar-refractivity contribution in [3.05, 3.63) is 72.2 Å². The number of hydrogen-bond acceptors (Lipinski definition) is 5. The molecule has 0 saturated carbocycles. The number of hydrogen-bond donors (Lipinski definition) is 0. The number of anilines is 4. The molecule has 1 aromatic heterocycles.